The molecule has 1 aliphatic rings. The SMILES string of the molecule is CC(C)(C)OC(=O)ON1CCC(c2nc(COCc3ccc(S(C)(=O)=O)cc3)cs2)CC1. The molecule has 0 bridgehead atoms. The molecule has 1 aromatic carbocycles. The number of carbonyl (C=O) groups excluding carboxylic acids is 1. The van der Waals surface area contributed by atoms with E-state index in [1.807, 2.05) is 5.38 Å². The topological polar surface area (TPSA) is 95.0 Å². The Bertz CT molecular complexity index is 1000. The van der Waals surface area contributed by atoms with Crippen molar-refractivity contribution in [3.8, 4) is 0 Å². The van der Waals surface area contributed by atoms with Gasteiger partial charge in [-0.3, -0.25) is 0 Å². The Balaban J connectivity index is 1.42. The van der Waals surface area contributed by atoms with E-state index < -0.39 is 21.6 Å². The fourth-order valence-electron chi connectivity index (χ4n) is 3.25. The van der Waals surface area contributed by atoms with Crippen LogP contribution in [0.5, 0.6) is 0 Å². The Hall–Kier alpha value is -2.01. The molecule has 2 heterocycles. The van der Waals surface area contributed by atoms with Crippen LogP contribution < -0.4 is 0 Å². The zero-order valence-electron chi connectivity index (χ0n) is 18.9. The minimum absolute atomic E-state index is 0.299. The van der Waals surface area contributed by atoms with Gasteiger partial charge in [0, 0.05) is 30.6 Å². The highest BCUT2D eigenvalue weighted by Crippen LogP contribution is 2.30. The molecule has 1 aromatic heterocycles. The second-order valence-corrected chi connectivity index (χ2v) is 11.8. The fraction of sp³-hybridized carbons (Fsp3) is 0.545. The first-order valence-electron chi connectivity index (χ1n) is 10.5. The number of thiazole rings is 1. The number of piperidine rings is 1. The highest BCUT2D eigenvalue weighted by Gasteiger charge is 2.27. The average Bonchev–Trinajstić information content (AvgIpc) is 3.16. The number of hydrogen-bond acceptors (Lipinski definition) is 9. The summed E-state index contributed by atoms with van der Waals surface area (Å²) in [5.74, 6) is 0.329. The summed E-state index contributed by atoms with van der Waals surface area (Å²) in [6.45, 7) is 7.47. The number of rotatable bonds is 7. The second kappa shape index (κ2) is 10.3. The number of hydroxylamine groups is 2. The molecule has 32 heavy (non-hydrogen) atoms. The molecule has 0 spiro atoms. The Morgan fingerprint density at radius 3 is 2.41 bits per heavy atom. The van der Waals surface area contributed by atoms with E-state index in [0.29, 0.717) is 37.1 Å². The number of hydrogen-bond donors (Lipinski definition) is 0. The molecule has 3 rings (SSSR count). The van der Waals surface area contributed by atoms with Gasteiger partial charge in [-0.15, -0.1) is 16.4 Å². The van der Waals surface area contributed by atoms with Gasteiger partial charge in [-0.1, -0.05) is 12.1 Å². The van der Waals surface area contributed by atoms with Crippen LogP contribution in [0.25, 0.3) is 0 Å². The molecular weight excluding hydrogens is 452 g/mol. The lowest BCUT2D eigenvalue weighted by atomic mass is 9.99. The van der Waals surface area contributed by atoms with E-state index in [1.54, 1.807) is 61.4 Å². The predicted molar refractivity (Wildman–Crippen MR) is 121 cm³/mol. The Morgan fingerprint density at radius 1 is 1.16 bits per heavy atom. The highest BCUT2D eigenvalue weighted by atomic mass is 32.2. The standard InChI is InChI=1S/C22H30N2O6S2/c1-22(2,3)29-21(25)30-24-11-9-17(10-12-24)20-23-18(15-31-20)14-28-13-16-5-7-19(8-6-16)32(4,26)27/h5-8,15,17H,9-14H2,1-4H3. The van der Waals surface area contributed by atoms with Crippen LogP contribution in [-0.4, -0.2) is 49.6 Å². The summed E-state index contributed by atoms with van der Waals surface area (Å²) in [6, 6.07) is 6.70. The van der Waals surface area contributed by atoms with Crippen LogP contribution in [0.15, 0.2) is 34.5 Å². The first kappa shape index (κ1) is 24.6. The molecular formula is C22H30N2O6S2. The predicted octanol–water partition coefficient (Wildman–Crippen LogP) is 4.31. The van der Waals surface area contributed by atoms with Crippen LogP contribution in [0, 0.1) is 0 Å². The van der Waals surface area contributed by atoms with Crippen LogP contribution in [0.1, 0.15) is 55.8 Å². The Kier molecular flexibility index (Phi) is 7.92. The number of ether oxygens (including phenoxy) is 2. The largest absolute Gasteiger partial charge is 0.528 e. The van der Waals surface area contributed by atoms with Gasteiger partial charge >= 0.3 is 6.16 Å². The van der Waals surface area contributed by atoms with Crippen molar-refractivity contribution in [3.05, 3.63) is 45.9 Å². The highest BCUT2D eigenvalue weighted by molar-refractivity contribution is 7.90. The molecule has 0 aliphatic carbocycles. The smallest absolute Gasteiger partial charge is 0.427 e. The van der Waals surface area contributed by atoms with Gasteiger partial charge in [0.05, 0.1) is 28.8 Å². The minimum atomic E-state index is -3.19. The van der Waals surface area contributed by atoms with Crippen molar-refractivity contribution in [3.63, 3.8) is 0 Å². The zero-order chi connectivity index (χ0) is 23.4. The number of benzene rings is 1. The quantitative estimate of drug-likeness (QED) is 0.539. The summed E-state index contributed by atoms with van der Waals surface area (Å²) in [4.78, 5) is 22.1. The van der Waals surface area contributed by atoms with E-state index in [0.717, 1.165) is 29.1 Å². The van der Waals surface area contributed by atoms with Crippen molar-refractivity contribution in [1.82, 2.24) is 10.0 Å². The van der Waals surface area contributed by atoms with E-state index >= 15 is 0 Å². The van der Waals surface area contributed by atoms with Gasteiger partial charge in [0.2, 0.25) is 0 Å². The molecule has 1 fully saturated rings. The molecule has 0 N–H and O–H groups in total. The Morgan fingerprint density at radius 2 is 1.81 bits per heavy atom. The first-order valence-corrected chi connectivity index (χ1v) is 13.2. The summed E-state index contributed by atoms with van der Waals surface area (Å²) >= 11 is 1.62. The van der Waals surface area contributed by atoms with Crippen molar-refractivity contribution in [2.45, 2.75) is 63.2 Å². The third-order valence-electron chi connectivity index (χ3n) is 4.84. The van der Waals surface area contributed by atoms with E-state index in [4.69, 9.17) is 19.3 Å². The van der Waals surface area contributed by atoms with Gasteiger partial charge in [0.25, 0.3) is 0 Å². The van der Waals surface area contributed by atoms with Crippen LogP contribution >= 0.6 is 11.3 Å². The van der Waals surface area contributed by atoms with Crippen LogP contribution in [-0.2, 0) is 37.4 Å². The zero-order valence-corrected chi connectivity index (χ0v) is 20.5. The maximum Gasteiger partial charge on any atom is 0.528 e. The maximum absolute atomic E-state index is 11.8. The van der Waals surface area contributed by atoms with Crippen LogP contribution in [0.2, 0.25) is 0 Å². The number of aromatic nitrogens is 1. The van der Waals surface area contributed by atoms with E-state index in [2.05, 4.69) is 0 Å². The molecule has 1 saturated heterocycles. The number of carbonyl (C=O) groups is 1. The van der Waals surface area contributed by atoms with Crippen molar-refractivity contribution in [2.24, 2.45) is 0 Å². The van der Waals surface area contributed by atoms with E-state index in [9.17, 15) is 13.2 Å². The van der Waals surface area contributed by atoms with Gasteiger partial charge in [-0.25, -0.2) is 18.2 Å². The normalized spacial score (nSPS) is 16.1. The lowest BCUT2D eigenvalue weighted by Crippen LogP contribution is -2.37. The molecule has 0 saturated carbocycles. The summed E-state index contributed by atoms with van der Waals surface area (Å²) < 4.78 is 34.0. The van der Waals surface area contributed by atoms with Crippen molar-refractivity contribution in [2.75, 3.05) is 19.3 Å². The van der Waals surface area contributed by atoms with Gasteiger partial charge in [-0.05, 0) is 51.3 Å². The third kappa shape index (κ3) is 7.54. The third-order valence-corrected chi connectivity index (χ3v) is 7.02. The molecule has 0 unspecified atom stereocenters. The van der Waals surface area contributed by atoms with Crippen LogP contribution in [0.4, 0.5) is 4.79 Å². The molecule has 10 heteroatoms. The first-order chi connectivity index (χ1) is 15.0. The summed E-state index contributed by atoms with van der Waals surface area (Å²) in [7, 11) is -3.19. The average molecular weight is 483 g/mol. The lowest BCUT2D eigenvalue weighted by molar-refractivity contribution is -0.152. The van der Waals surface area contributed by atoms with Crippen molar-refractivity contribution < 1.29 is 27.5 Å². The molecule has 176 valence electrons. The monoisotopic (exact) mass is 482 g/mol. The van der Waals surface area contributed by atoms with E-state index in [1.165, 1.54) is 6.26 Å². The second-order valence-electron chi connectivity index (χ2n) is 8.85. The number of sulfone groups is 1. The van der Waals surface area contributed by atoms with Gasteiger partial charge in [-0.2, -0.15) is 0 Å². The molecule has 2 aromatic rings. The van der Waals surface area contributed by atoms with Crippen LogP contribution in [0.3, 0.4) is 0 Å². The molecule has 0 atom stereocenters. The van der Waals surface area contributed by atoms with Gasteiger partial charge < -0.3 is 14.3 Å². The molecule has 0 amide bonds. The van der Waals surface area contributed by atoms with Crippen molar-refractivity contribution >= 4 is 27.3 Å². The van der Waals surface area contributed by atoms with Gasteiger partial charge in [0.1, 0.15) is 5.60 Å². The minimum Gasteiger partial charge on any atom is -0.427 e. The summed E-state index contributed by atoms with van der Waals surface area (Å²) in [5.41, 5.74) is 1.21. The molecule has 0 radical (unpaired) electrons. The lowest BCUT2D eigenvalue weighted by Gasteiger charge is -2.30. The molecule has 8 nitrogen and oxygen atoms in total. The van der Waals surface area contributed by atoms with Crippen molar-refractivity contribution in [1.29, 1.82) is 0 Å². The molecule has 1 aliphatic heterocycles. The number of nitrogens with zero attached hydrogens (tertiary/aromatic N) is 2. The van der Waals surface area contributed by atoms with E-state index in [-0.39, 0.29) is 0 Å². The maximum atomic E-state index is 11.8. The fourth-order valence-corrected chi connectivity index (χ4v) is 4.86. The Labute approximate surface area is 193 Å². The summed E-state index contributed by atoms with van der Waals surface area (Å²) in [5, 5.41) is 4.72. The summed E-state index contributed by atoms with van der Waals surface area (Å²) in [6.07, 6.45) is 2.22. The van der Waals surface area contributed by atoms with Gasteiger partial charge in [0.15, 0.2) is 9.84 Å².